The zero-order valence-corrected chi connectivity index (χ0v) is 10.7. The first kappa shape index (κ1) is 13.3. The van der Waals surface area contributed by atoms with Crippen LogP contribution in [-0.2, 0) is 9.59 Å². The van der Waals surface area contributed by atoms with Crippen molar-refractivity contribution >= 4 is 11.9 Å². The van der Waals surface area contributed by atoms with Gasteiger partial charge in [-0.05, 0) is 32.2 Å². The number of carbonyl (C=O) groups excluding carboxylic acids is 1. The van der Waals surface area contributed by atoms with E-state index in [4.69, 9.17) is 0 Å². The number of carboxylic acid groups (broad SMARTS) is 1. The van der Waals surface area contributed by atoms with Crippen molar-refractivity contribution in [3.05, 3.63) is 0 Å². The van der Waals surface area contributed by atoms with E-state index < -0.39 is 11.4 Å². The quantitative estimate of drug-likeness (QED) is 0.696. The van der Waals surface area contributed by atoms with Gasteiger partial charge in [0.15, 0.2) is 0 Å². The second kappa shape index (κ2) is 5.69. The summed E-state index contributed by atoms with van der Waals surface area (Å²) in [6.45, 7) is 1.15. The highest BCUT2D eigenvalue weighted by atomic mass is 16.4. The normalized spacial score (nSPS) is 26.8. The smallest absolute Gasteiger partial charge is 0.311 e. The number of hydrogen-bond donors (Lipinski definition) is 3. The van der Waals surface area contributed by atoms with Crippen molar-refractivity contribution < 1.29 is 14.7 Å². The highest BCUT2D eigenvalue weighted by molar-refractivity contribution is 5.83. The molecule has 1 saturated heterocycles. The lowest BCUT2D eigenvalue weighted by molar-refractivity contribution is -0.151. The third-order valence-electron chi connectivity index (χ3n) is 4.24. The van der Waals surface area contributed by atoms with Gasteiger partial charge < -0.3 is 15.7 Å². The molecule has 1 amide bonds. The summed E-state index contributed by atoms with van der Waals surface area (Å²) >= 11 is 0. The molecular formula is C13H22N2O3. The highest BCUT2D eigenvalue weighted by Gasteiger charge is 2.40. The molecule has 0 aromatic carbocycles. The van der Waals surface area contributed by atoms with Gasteiger partial charge in [0.25, 0.3) is 0 Å². The van der Waals surface area contributed by atoms with Crippen LogP contribution in [0.5, 0.6) is 0 Å². The van der Waals surface area contributed by atoms with E-state index in [9.17, 15) is 14.7 Å². The van der Waals surface area contributed by atoms with Crippen molar-refractivity contribution in [2.45, 2.75) is 51.0 Å². The summed E-state index contributed by atoms with van der Waals surface area (Å²) in [7, 11) is 0. The Labute approximate surface area is 107 Å². The predicted octanol–water partition coefficient (Wildman–Crippen LogP) is 0.890. The Morgan fingerprint density at radius 1 is 1.22 bits per heavy atom. The summed E-state index contributed by atoms with van der Waals surface area (Å²) in [4.78, 5) is 23.3. The molecule has 5 nitrogen and oxygen atoms in total. The Morgan fingerprint density at radius 3 is 2.50 bits per heavy atom. The number of rotatable bonds is 4. The van der Waals surface area contributed by atoms with Gasteiger partial charge in [0, 0.05) is 6.54 Å². The molecular weight excluding hydrogens is 232 g/mol. The van der Waals surface area contributed by atoms with Gasteiger partial charge in [-0.2, -0.15) is 0 Å². The van der Waals surface area contributed by atoms with Gasteiger partial charge in [0.1, 0.15) is 0 Å². The van der Waals surface area contributed by atoms with E-state index in [1.165, 1.54) is 0 Å². The largest absolute Gasteiger partial charge is 0.481 e. The number of amides is 1. The Bertz CT molecular complexity index is 318. The summed E-state index contributed by atoms with van der Waals surface area (Å²) in [5.74, 6) is -0.805. The van der Waals surface area contributed by atoms with Crippen molar-refractivity contribution in [1.82, 2.24) is 10.6 Å². The number of aliphatic carboxylic acids is 1. The van der Waals surface area contributed by atoms with Crippen molar-refractivity contribution in [3.8, 4) is 0 Å². The third-order valence-corrected chi connectivity index (χ3v) is 4.24. The van der Waals surface area contributed by atoms with Crippen LogP contribution in [0, 0.1) is 5.41 Å². The van der Waals surface area contributed by atoms with Crippen LogP contribution >= 0.6 is 0 Å². The second-order valence-corrected chi connectivity index (χ2v) is 5.51. The first-order valence-corrected chi connectivity index (χ1v) is 6.89. The average Bonchev–Trinajstić information content (AvgIpc) is 2.91. The van der Waals surface area contributed by atoms with Gasteiger partial charge >= 0.3 is 5.97 Å². The SMILES string of the molecule is O=C(NCC1(C(=O)O)CCCCC1)[C@@H]1CCCN1. The van der Waals surface area contributed by atoms with Gasteiger partial charge in [0.2, 0.25) is 5.91 Å². The summed E-state index contributed by atoms with van der Waals surface area (Å²) < 4.78 is 0. The molecule has 0 aromatic rings. The molecule has 2 fully saturated rings. The van der Waals surface area contributed by atoms with Crippen LogP contribution in [0.4, 0.5) is 0 Å². The van der Waals surface area contributed by atoms with Gasteiger partial charge in [-0.1, -0.05) is 19.3 Å². The molecule has 102 valence electrons. The lowest BCUT2D eigenvalue weighted by atomic mass is 9.74. The fourth-order valence-corrected chi connectivity index (χ4v) is 2.98. The molecule has 0 aromatic heterocycles. The number of hydrogen-bond acceptors (Lipinski definition) is 3. The van der Waals surface area contributed by atoms with Crippen LogP contribution in [0.3, 0.4) is 0 Å². The zero-order chi connectivity index (χ0) is 13.0. The molecule has 1 heterocycles. The van der Waals surface area contributed by atoms with Gasteiger partial charge in [-0.15, -0.1) is 0 Å². The maximum absolute atomic E-state index is 11.9. The van der Waals surface area contributed by atoms with E-state index >= 15 is 0 Å². The van der Waals surface area contributed by atoms with Crippen LogP contribution in [0.15, 0.2) is 0 Å². The summed E-state index contributed by atoms with van der Waals surface area (Å²) in [6, 6.07) is -0.126. The number of carbonyl (C=O) groups is 2. The van der Waals surface area contributed by atoms with E-state index in [1.807, 2.05) is 0 Å². The minimum Gasteiger partial charge on any atom is -0.481 e. The van der Waals surface area contributed by atoms with Crippen molar-refractivity contribution in [2.24, 2.45) is 5.41 Å². The van der Waals surface area contributed by atoms with Gasteiger partial charge in [0.05, 0.1) is 11.5 Å². The predicted molar refractivity (Wildman–Crippen MR) is 67.2 cm³/mol. The molecule has 2 aliphatic rings. The molecule has 2 rings (SSSR count). The summed E-state index contributed by atoms with van der Waals surface area (Å²) in [6.07, 6.45) is 6.23. The Morgan fingerprint density at radius 2 is 1.94 bits per heavy atom. The maximum Gasteiger partial charge on any atom is 0.311 e. The van der Waals surface area contributed by atoms with E-state index in [2.05, 4.69) is 10.6 Å². The van der Waals surface area contributed by atoms with Gasteiger partial charge in [-0.25, -0.2) is 0 Å². The molecule has 1 aliphatic carbocycles. The fourth-order valence-electron chi connectivity index (χ4n) is 2.98. The first-order chi connectivity index (χ1) is 8.64. The van der Waals surface area contributed by atoms with Crippen molar-refractivity contribution in [3.63, 3.8) is 0 Å². The lowest BCUT2D eigenvalue weighted by Gasteiger charge is -2.33. The molecule has 18 heavy (non-hydrogen) atoms. The highest BCUT2D eigenvalue weighted by Crippen LogP contribution is 2.36. The van der Waals surface area contributed by atoms with Crippen LogP contribution in [0.25, 0.3) is 0 Å². The van der Waals surface area contributed by atoms with Crippen LogP contribution in [0.1, 0.15) is 44.9 Å². The van der Waals surface area contributed by atoms with Crippen molar-refractivity contribution in [1.29, 1.82) is 0 Å². The lowest BCUT2D eigenvalue weighted by Crippen LogP contribution is -2.48. The molecule has 1 aliphatic heterocycles. The maximum atomic E-state index is 11.9. The van der Waals surface area contributed by atoms with Crippen LogP contribution < -0.4 is 10.6 Å². The second-order valence-electron chi connectivity index (χ2n) is 5.51. The average molecular weight is 254 g/mol. The molecule has 1 atom stereocenters. The van der Waals surface area contributed by atoms with E-state index in [1.54, 1.807) is 0 Å². The molecule has 0 unspecified atom stereocenters. The fraction of sp³-hybridized carbons (Fsp3) is 0.846. The van der Waals surface area contributed by atoms with Crippen LogP contribution in [-0.4, -0.2) is 36.1 Å². The van der Waals surface area contributed by atoms with Crippen LogP contribution in [0.2, 0.25) is 0 Å². The zero-order valence-electron chi connectivity index (χ0n) is 10.7. The van der Waals surface area contributed by atoms with E-state index in [0.717, 1.165) is 38.6 Å². The summed E-state index contributed by atoms with van der Waals surface area (Å²) in [5.41, 5.74) is -0.730. The number of nitrogens with one attached hydrogen (secondary N) is 2. The number of carboxylic acids is 1. The molecule has 0 spiro atoms. The standard InChI is InChI=1S/C13H22N2O3/c16-11(10-5-4-8-14-10)15-9-13(12(17)18)6-2-1-3-7-13/h10,14H,1-9H2,(H,15,16)(H,17,18)/t10-/m0/s1. The van der Waals surface area contributed by atoms with E-state index in [0.29, 0.717) is 12.8 Å². The minimum atomic E-state index is -0.762. The van der Waals surface area contributed by atoms with Crippen molar-refractivity contribution in [2.75, 3.05) is 13.1 Å². The minimum absolute atomic E-state index is 0.0429. The molecule has 5 heteroatoms. The Hall–Kier alpha value is -1.10. The molecule has 3 N–H and O–H groups in total. The van der Waals surface area contributed by atoms with Gasteiger partial charge in [-0.3, -0.25) is 9.59 Å². The molecule has 0 radical (unpaired) electrons. The Balaban J connectivity index is 1.89. The third kappa shape index (κ3) is 2.83. The monoisotopic (exact) mass is 254 g/mol. The topological polar surface area (TPSA) is 78.4 Å². The molecule has 0 bridgehead atoms. The van der Waals surface area contributed by atoms with E-state index in [-0.39, 0.29) is 18.5 Å². The Kier molecular flexibility index (Phi) is 4.22. The first-order valence-electron chi connectivity index (χ1n) is 6.89. The summed E-state index contributed by atoms with van der Waals surface area (Å²) in [5, 5.41) is 15.4. The molecule has 1 saturated carbocycles.